The molecular formula is C13H11FN4. The van der Waals surface area contributed by atoms with Crippen LogP contribution < -0.4 is 5.32 Å². The molecule has 0 aliphatic carbocycles. The van der Waals surface area contributed by atoms with Crippen LogP contribution in [-0.4, -0.2) is 22.0 Å². The van der Waals surface area contributed by atoms with Gasteiger partial charge in [0.15, 0.2) is 5.82 Å². The number of hydrogen-bond acceptors (Lipinski definition) is 3. The number of H-pyrrole nitrogens is 1. The van der Waals surface area contributed by atoms with Gasteiger partial charge < -0.3 is 10.3 Å². The molecule has 3 rings (SSSR count). The van der Waals surface area contributed by atoms with Gasteiger partial charge in [0.05, 0.1) is 6.20 Å². The summed E-state index contributed by atoms with van der Waals surface area (Å²) >= 11 is 0. The summed E-state index contributed by atoms with van der Waals surface area (Å²) in [7, 11) is 1.70. The minimum absolute atomic E-state index is 0.298. The predicted molar refractivity (Wildman–Crippen MR) is 68.8 cm³/mol. The first-order chi connectivity index (χ1) is 8.79. The zero-order valence-corrected chi connectivity index (χ0v) is 9.74. The standard InChI is InChI=1S/C13H11FN4/c1-15-13-17-7-10(14)12(18-13)9-6-16-11-5-3-2-4-8(9)11/h2-7,16H,1H3,(H,15,17,18). The number of benzene rings is 1. The SMILES string of the molecule is CNc1ncc(F)c(-c2c[nH]c3ccccc23)n1. The number of nitrogens with one attached hydrogen (secondary N) is 2. The van der Waals surface area contributed by atoms with Crippen LogP contribution in [0.4, 0.5) is 10.3 Å². The van der Waals surface area contributed by atoms with Crippen LogP contribution in [0.5, 0.6) is 0 Å². The van der Waals surface area contributed by atoms with Gasteiger partial charge in [0.25, 0.3) is 0 Å². The lowest BCUT2D eigenvalue weighted by Crippen LogP contribution is -1.99. The summed E-state index contributed by atoms with van der Waals surface area (Å²) in [6.45, 7) is 0. The van der Waals surface area contributed by atoms with E-state index < -0.39 is 5.82 Å². The molecule has 0 radical (unpaired) electrons. The van der Waals surface area contributed by atoms with Gasteiger partial charge in [-0.3, -0.25) is 0 Å². The number of nitrogens with zero attached hydrogens (tertiary/aromatic N) is 2. The van der Waals surface area contributed by atoms with Gasteiger partial charge in [-0.05, 0) is 6.07 Å². The molecule has 18 heavy (non-hydrogen) atoms. The Morgan fingerprint density at radius 2 is 2.11 bits per heavy atom. The number of rotatable bonds is 2. The lowest BCUT2D eigenvalue weighted by atomic mass is 10.1. The van der Waals surface area contributed by atoms with E-state index in [0.717, 1.165) is 16.5 Å². The molecule has 0 bridgehead atoms. The van der Waals surface area contributed by atoms with Crippen molar-refractivity contribution in [3.8, 4) is 11.3 Å². The first-order valence-electron chi connectivity index (χ1n) is 5.56. The smallest absolute Gasteiger partial charge is 0.223 e. The van der Waals surface area contributed by atoms with Crippen LogP contribution in [0.1, 0.15) is 0 Å². The zero-order chi connectivity index (χ0) is 12.5. The van der Waals surface area contributed by atoms with Gasteiger partial charge in [0.1, 0.15) is 5.69 Å². The number of para-hydroxylation sites is 1. The quantitative estimate of drug-likeness (QED) is 0.726. The van der Waals surface area contributed by atoms with Crippen LogP contribution >= 0.6 is 0 Å². The largest absolute Gasteiger partial charge is 0.360 e. The highest BCUT2D eigenvalue weighted by Crippen LogP contribution is 2.29. The van der Waals surface area contributed by atoms with Crippen molar-refractivity contribution < 1.29 is 4.39 Å². The molecule has 0 unspecified atom stereocenters. The fraction of sp³-hybridized carbons (Fsp3) is 0.0769. The van der Waals surface area contributed by atoms with E-state index in [1.54, 1.807) is 13.2 Å². The van der Waals surface area contributed by atoms with E-state index in [1.807, 2.05) is 24.3 Å². The number of aromatic nitrogens is 3. The van der Waals surface area contributed by atoms with E-state index in [9.17, 15) is 4.39 Å². The normalized spacial score (nSPS) is 10.8. The number of anilines is 1. The van der Waals surface area contributed by atoms with Gasteiger partial charge in [-0.15, -0.1) is 0 Å². The third kappa shape index (κ3) is 1.60. The van der Waals surface area contributed by atoms with Crippen LogP contribution in [0.2, 0.25) is 0 Å². The van der Waals surface area contributed by atoms with Crippen molar-refractivity contribution >= 4 is 16.9 Å². The summed E-state index contributed by atoms with van der Waals surface area (Å²) in [4.78, 5) is 11.1. The summed E-state index contributed by atoms with van der Waals surface area (Å²) in [5.74, 6) is -0.0320. The molecule has 2 N–H and O–H groups in total. The van der Waals surface area contributed by atoms with Crippen LogP contribution in [-0.2, 0) is 0 Å². The third-order valence-corrected chi connectivity index (χ3v) is 2.81. The average molecular weight is 242 g/mol. The van der Waals surface area contributed by atoms with Crippen LogP contribution in [0.15, 0.2) is 36.7 Å². The van der Waals surface area contributed by atoms with E-state index in [4.69, 9.17) is 0 Å². The second-order valence-electron chi connectivity index (χ2n) is 3.89. The monoisotopic (exact) mass is 242 g/mol. The maximum atomic E-state index is 13.8. The Morgan fingerprint density at radius 1 is 1.28 bits per heavy atom. The van der Waals surface area contributed by atoms with Crippen LogP contribution in [0.3, 0.4) is 0 Å². The minimum Gasteiger partial charge on any atom is -0.360 e. The highest BCUT2D eigenvalue weighted by Gasteiger charge is 2.13. The summed E-state index contributed by atoms with van der Waals surface area (Å²) in [6.07, 6.45) is 2.94. The Kier molecular flexibility index (Phi) is 2.44. The third-order valence-electron chi connectivity index (χ3n) is 2.81. The number of aromatic amines is 1. The molecule has 0 amide bonds. The van der Waals surface area contributed by atoms with Gasteiger partial charge in [-0.2, -0.15) is 0 Å². The highest BCUT2D eigenvalue weighted by molar-refractivity contribution is 5.94. The Hall–Kier alpha value is -2.43. The second-order valence-corrected chi connectivity index (χ2v) is 3.89. The number of hydrogen-bond donors (Lipinski definition) is 2. The average Bonchev–Trinajstić information content (AvgIpc) is 2.83. The molecule has 1 aromatic carbocycles. The van der Waals surface area contributed by atoms with Crippen molar-refractivity contribution in [2.75, 3.05) is 12.4 Å². The molecule has 2 heterocycles. The molecule has 3 aromatic rings. The van der Waals surface area contributed by atoms with E-state index in [-0.39, 0.29) is 0 Å². The van der Waals surface area contributed by atoms with Gasteiger partial charge in [-0.25, -0.2) is 14.4 Å². The Morgan fingerprint density at radius 3 is 2.94 bits per heavy atom. The van der Waals surface area contributed by atoms with E-state index in [1.165, 1.54) is 6.20 Å². The summed E-state index contributed by atoms with van der Waals surface area (Å²) in [5, 5.41) is 3.75. The van der Waals surface area contributed by atoms with Crippen molar-refractivity contribution in [3.05, 3.63) is 42.5 Å². The zero-order valence-electron chi connectivity index (χ0n) is 9.74. The number of halogens is 1. The summed E-state index contributed by atoms with van der Waals surface area (Å²) < 4.78 is 13.8. The van der Waals surface area contributed by atoms with Crippen molar-refractivity contribution in [3.63, 3.8) is 0 Å². The molecule has 0 aliphatic heterocycles. The van der Waals surface area contributed by atoms with Gasteiger partial charge in [-0.1, -0.05) is 18.2 Å². The Labute approximate surface area is 103 Å². The maximum absolute atomic E-state index is 13.8. The molecular weight excluding hydrogens is 231 g/mol. The fourth-order valence-electron chi connectivity index (χ4n) is 1.94. The predicted octanol–water partition coefficient (Wildman–Crippen LogP) is 2.81. The summed E-state index contributed by atoms with van der Waals surface area (Å²) in [6, 6.07) is 7.72. The molecule has 2 aromatic heterocycles. The minimum atomic E-state index is -0.432. The van der Waals surface area contributed by atoms with Crippen LogP contribution in [0.25, 0.3) is 22.2 Å². The fourth-order valence-corrected chi connectivity index (χ4v) is 1.94. The van der Waals surface area contributed by atoms with Gasteiger partial charge >= 0.3 is 0 Å². The molecule has 0 fully saturated rings. The number of fused-ring (bicyclic) bond motifs is 1. The topological polar surface area (TPSA) is 53.6 Å². The van der Waals surface area contributed by atoms with Crippen LogP contribution in [0, 0.1) is 5.82 Å². The first kappa shape index (κ1) is 10.7. The van der Waals surface area contributed by atoms with Crippen molar-refractivity contribution in [2.24, 2.45) is 0 Å². The van der Waals surface area contributed by atoms with Crippen molar-refractivity contribution in [1.82, 2.24) is 15.0 Å². The molecule has 0 saturated carbocycles. The molecule has 0 spiro atoms. The lowest BCUT2D eigenvalue weighted by Gasteiger charge is -2.03. The second kappa shape index (κ2) is 4.10. The van der Waals surface area contributed by atoms with E-state index >= 15 is 0 Å². The molecule has 0 saturated heterocycles. The maximum Gasteiger partial charge on any atom is 0.223 e. The van der Waals surface area contributed by atoms with Crippen molar-refractivity contribution in [2.45, 2.75) is 0 Å². The van der Waals surface area contributed by atoms with E-state index in [2.05, 4.69) is 20.3 Å². The molecule has 5 heteroatoms. The van der Waals surface area contributed by atoms with E-state index in [0.29, 0.717) is 11.6 Å². The van der Waals surface area contributed by atoms with Gasteiger partial charge in [0, 0.05) is 29.7 Å². The highest BCUT2D eigenvalue weighted by atomic mass is 19.1. The lowest BCUT2D eigenvalue weighted by molar-refractivity contribution is 0.619. The molecule has 0 atom stereocenters. The summed E-state index contributed by atoms with van der Waals surface area (Å²) in [5.41, 5.74) is 1.99. The Balaban J connectivity index is 2.25. The van der Waals surface area contributed by atoms with Gasteiger partial charge in [0.2, 0.25) is 5.95 Å². The first-order valence-corrected chi connectivity index (χ1v) is 5.56. The van der Waals surface area contributed by atoms with Crippen molar-refractivity contribution in [1.29, 1.82) is 0 Å². The molecule has 4 nitrogen and oxygen atoms in total. The Bertz CT molecular complexity index is 705. The molecule has 90 valence electrons. The molecule has 0 aliphatic rings.